The Kier molecular flexibility index (Phi) is 2.87. The van der Waals surface area contributed by atoms with Crippen molar-refractivity contribution in [3.63, 3.8) is 0 Å². The summed E-state index contributed by atoms with van der Waals surface area (Å²) in [4.78, 5) is 8.20. The topological polar surface area (TPSA) is 22.3 Å². The number of aromatic amines is 1. The molecule has 0 amide bonds. The third kappa shape index (κ3) is 2.35. The van der Waals surface area contributed by atoms with Gasteiger partial charge in [0.25, 0.3) is 0 Å². The van der Waals surface area contributed by atoms with Gasteiger partial charge in [-0.1, -0.05) is 12.1 Å². The predicted octanol–water partition coefficient (Wildman–Crippen LogP) is 1.92. The summed E-state index contributed by atoms with van der Waals surface area (Å²) < 4.78 is 0. The first-order valence-electron chi connectivity index (χ1n) is 6.28. The van der Waals surface area contributed by atoms with Gasteiger partial charge in [-0.25, -0.2) is 0 Å². The average Bonchev–Trinajstić information content (AvgIpc) is 2.79. The van der Waals surface area contributed by atoms with E-state index >= 15 is 0 Å². The molecule has 1 fully saturated rings. The number of nitrogens with one attached hydrogen (secondary N) is 1. The molecule has 0 spiro atoms. The lowest BCUT2D eigenvalue weighted by Gasteiger charge is -2.32. The quantitative estimate of drug-likeness (QED) is 0.850. The minimum absolute atomic E-state index is 1.07. The van der Waals surface area contributed by atoms with Crippen molar-refractivity contribution in [3.8, 4) is 0 Å². The van der Waals surface area contributed by atoms with Crippen LogP contribution in [0.1, 0.15) is 5.56 Å². The van der Waals surface area contributed by atoms with Crippen LogP contribution < -0.4 is 0 Å². The van der Waals surface area contributed by atoms with E-state index in [1.54, 1.807) is 0 Å². The maximum absolute atomic E-state index is 3.28. The van der Waals surface area contributed by atoms with Crippen LogP contribution in [0.5, 0.6) is 0 Å². The molecule has 1 N–H and O–H groups in total. The zero-order chi connectivity index (χ0) is 11.7. The zero-order valence-electron chi connectivity index (χ0n) is 10.3. The molecule has 0 unspecified atom stereocenters. The van der Waals surface area contributed by atoms with Gasteiger partial charge < -0.3 is 9.88 Å². The molecule has 0 radical (unpaired) electrons. The molecule has 3 rings (SSSR count). The SMILES string of the molecule is CN1CCN(Cc2ccc3cc[nH]c3c2)CC1. The van der Waals surface area contributed by atoms with Crippen LogP contribution in [0, 0.1) is 0 Å². The lowest BCUT2D eigenvalue weighted by atomic mass is 10.1. The Morgan fingerprint density at radius 2 is 1.94 bits per heavy atom. The highest BCUT2D eigenvalue weighted by Crippen LogP contribution is 2.16. The van der Waals surface area contributed by atoms with Crippen LogP contribution in [0.25, 0.3) is 10.9 Å². The third-order valence-corrected chi connectivity index (χ3v) is 3.62. The largest absolute Gasteiger partial charge is 0.361 e. The molecule has 0 atom stereocenters. The normalized spacial score (nSPS) is 18.9. The third-order valence-electron chi connectivity index (χ3n) is 3.62. The number of H-pyrrole nitrogens is 1. The fourth-order valence-electron chi connectivity index (χ4n) is 2.46. The first-order valence-corrected chi connectivity index (χ1v) is 6.28. The molecule has 1 aliphatic heterocycles. The van der Waals surface area contributed by atoms with Gasteiger partial charge in [0.05, 0.1) is 0 Å². The van der Waals surface area contributed by atoms with Crippen molar-refractivity contribution in [2.24, 2.45) is 0 Å². The van der Waals surface area contributed by atoms with Gasteiger partial charge in [-0.3, -0.25) is 4.90 Å². The van der Waals surface area contributed by atoms with Crippen molar-refractivity contribution in [2.75, 3.05) is 33.2 Å². The van der Waals surface area contributed by atoms with Crippen molar-refractivity contribution >= 4 is 10.9 Å². The number of hydrogen-bond donors (Lipinski definition) is 1. The summed E-state index contributed by atoms with van der Waals surface area (Å²) in [6.07, 6.45) is 2.00. The molecule has 1 aliphatic rings. The van der Waals surface area contributed by atoms with Crippen LogP contribution in [0.2, 0.25) is 0 Å². The molecule has 3 nitrogen and oxygen atoms in total. The van der Waals surface area contributed by atoms with Gasteiger partial charge in [0, 0.05) is 44.4 Å². The van der Waals surface area contributed by atoms with E-state index in [2.05, 4.69) is 46.1 Å². The average molecular weight is 229 g/mol. The summed E-state index contributed by atoms with van der Waals surface area (Å²) >= 11 is 0. The number of nitrogens with zero attached hydrogens (tertiary/aromatic N) is 2. The molecule has 1 saturated heterocycles. The van der Waals surface area contributed by atoms with Gasteiger partial charge >= 0.3 is 0 Å². The van der Waals surface area contributed by atoms with Crippen LogP contribution >= 0.6 is 0 Å². The molecule has 0 bridgehead atoms. The zero-order valence-corrected chi connectivity index (χ0v) is 10.3. The Bertz CT molecular complexity index is 495. The highest BCUT2D eigenvalue weighted by molar-refractivity contribution is 5.79. The highest BCUT2D eigenvalue weighted by atomic mass is 15.2. The Hall–Kier alpha value is -1.32. The maximum atomic E-state index is 3.28. The van der Waals surface area contributed by atoms with Crippen LogP contribution in [-0.4, -0.2) is 48.0 Å². The first kappa shape index (κ1) is 10.8. The maximum Gasteiger partial charge on any atom is 0.0457 e. The summed E-state index contributed by atoms with van der Waals surface area (Å²) in [6, 6.07) is 8.84. The van der Waals surface area contributed by atoms with Gasteiger partial charge in [-0.2, -0.15) is 0 Å². The van der Waals surface area contributed by atoms with E-state index in [1.807, 2.05) is 6.20 Å². The fourth-order valence-corrected chi connectivity index (χ4v) is 2.46. The van der Waals surface area contributed by atoms with E-state index in [9.17, 15) is 0 Å². The number of likely N-dealkylation sites (N-methyl/N-ethyl adjacent to an activating group) is 1. The Morgan fingerprint density at radius 3 is 2.76 bits per heavy atom. The van der Waals surface area contributed by atoms with Crippen LogP contribution in [0.4, 0.5) is 0 Å². The van der Waals surface area contributed by atoms with E-state index < -0.39 is 0 Å². The summed E-state index contributed by atoms with van der Waals surface area (Å²) in [5.74, 6) is 0. The van der Waals surface area contributed by atoms with E-state index in [0.29, 0.717) is 0 Å². The second-order valence-electron chi connectivity index (χ2n) is 4.98. The van der Waals surface area contributed by atoms with E-state index in [-0.39, 0.29) is 0 Å². The minimum Gasteiger partial charge on any atom is -0.361 e. The van der Waals surface area contributed by atoms with Crippen LogP contribution in [-0.2, 0) is 6.54 Å². The Balaban J connectivity index is 1.71. The van der Waals surface area contributed by atoms with Gasteiger partial charge in [-0.15, -0.1) is 0 Å². The summed E-state index contributed by atoms with van der Waals surface area (Å²) in [7, 11) is 2.20. The lowest BCUT2D eigenvalue weighted by molar-refractivity contribution is 0.148. The minimum atomic E-state index is 1.07. The Labute approximate surface area is 102 Å². The molecule has 0 aliphatic carbocycles. The number of aromatic nitrogens is 1. The summed E-state index contributed by atoms with van der Waals surface area (Å²) in [6.45, 7) is 5.80. The van der Waals surface area contributed by atoms with Crippen molar-refractivity contribution in [2.45, 2.75) is 6.54 Å². The van der Waals surface area contributed by atoms with Crippen LogP contribution in [0.3, 0.4) is 0 Å². The molecular formula is C14H19N3. The smallest absolute Gasteiger partial charge is 0.0457 e. The number of hydrogen-bond acceptors (Lipinski definition) is 2. The molecule has 3 heteroatoms. The molecule has 17 heavy (non-hydrogen) atoms. The standard InChI is InChI=1S/C14H19N3/c1-16-6-8-17(9-7-16)11-12-2-3-13-4-5-15-14(13)10-12/h2-5,10,15H,6-9,11H2,1H3. The molecule has 90 valence electrons. The second-order valence-corrected chi connectivity index (χ2v) is 4.98. The molecule has 1 aromatic carbocycles. The van der Waals surface area contributed by atoms with Gasteiger partial charge in [0.15, 0.2) is 0 Å². The molecular weight excluding hydrogens is 210 g/mol. The van der Waals surface area contributed by atoms with Gasteiger partial charge in [-0.05, 0) is 30.1 Å². The molecule has 2 aromatic rings. The molecule has 2 heterocycles. The lowest BCUT2D eigenvalue weighted by Crippen LogP contribution is -2.43. The fraction of sp³-hybridized carbons (Fsp3) is 0.429. The second kappa shape index (κ2) is 4.51. The predicted molar refractivity (Wildman–Crippen MR) is 71.1 cm³/mol. The summed E-state index contributed by atoms with van der Waals surface area (Å²) in [5, 5.41) is 1.30. The molecule has 0 saturated carbocycles. The van der Waals surface area contributed by atoms with Crippen molar-refractivity contribution in [3.05, 3.63) is 36.0 Å². The highest BCUT2D eigenvalue weighted by Gasteiger charge is 2.13. The summed E-state index contributed by atoms with van der Waals surface area (Å²) in [5.41, 5.74) is 2.65. The number of rotatable bonds is 2. The van der Waals surface area contributed by atoms with E-state index in [0.717, 1.165) is 6.54 Å². The van der Waals surface area contributed by atoms with Gasteiger partial charge in [0.1, 0.15) is 0 Å². The Morgan fingerprint density at radius 1 is 1.12 bits per heavy atom. The van der Waals surface area contributed by atoms with Crippen molar-refractivity contribution < 1.29 is 0 Å². The van der Waals surface area contributed by atoms with Gasteiger partial charge in [0.2, 0.25) is 0 Å². The van der Waals surface area contributed by atoms with Crippen molar-refractivity contribution in [1.29, 1.82) is 0 Å². The van der Waals surface area contributed by atoms with E-state index in [4.69, 9.17) is 0 Å². The van der Waals surface area contributed by atoms with E-state index in [1.165, 1.54) is 42.6 Å². The number of benzene rings is 1. The van der Waals surface area contributed by atoms with Crippen LogP contribution in [0.15, 0.2) is 30.5 Å². The number of fused-ring (bicyclic) bond motifs is 1. The number of piperazine rings is 1. The first-order chi connectivity index (χ1) is 8.31. The van der Waals surface area contributed by atoms with Crippen molar-refractivity contribution in [1.82, 2.24) is 14.8 Å². The monoisotopic (exact) mass is 229 g/mol. The molecule has 1 aromatic heterocycles.